The Morgan fingerprint density at radius 2 is 2.39 bits per heavy atom. The summed E-state index contributed by atoms with van der Waals surface area (Å²) in [4.78, 5) is 5.44. The third-order valence-electron chi connectivity index (χ3n) is 2.61. The minimum atomic E-state index is -3.31. The summed E-state index contributed by atoms with van der Waals surface area (Å²) >= 11 is 1.41. The Balaban J connectivity index is 1.98. The van der Waals surface area contributed by atoms with Crippen molar-refractivity contribution in [1.82, 2.24) is 10.3 Å². The Hall–Kier alpha value is -0.700. The van der Waals surface area contributed by atoms with Crippen LogP contribution in [0.2, 0.25) is 0 Å². The lowest BCUT2D eigenvalue weighted by Gasteiger charge is -2.09. The first-order valence-corrected chi connectivity index (χ1v) is 8.26. The van der Waals surface area contributed by atoms with Crippen LogP contribution in [0.3, 0.4) is 0 Å². The second kappa shape index (κ2) is 5.96. The van der Waals surface area contributed by atoms with Gasteiger partial charge in [0.25, 0.3) is 0 Å². The molecule has 0 radical (unpaired) electrons. The van der Waals surface area contributed by atoms with Gasteiger partial charge < -0.3 is 10.1 Å². The fraction of sp³-hybridized carbons (Fsp3) is 0.700. The summed E-state index contributed by atoms with van der Waals surface area (Å²) in [5.41, 5.74) is 1.01. The molecule has 0 atom stereocenters. The van der Waals surface area contributed by atoms with Crippen LogP contribution in [0.4, 0.5) is 5.13 Å². The fourth-order valence-corrected chi connectivity index (χ4v) is 4.03. The third kappa shape index (κ3) is 3.64. The summed E-state index contributed by atoms with van der Waals surface area (Å²) in [6, 6.07) is 0. The van der Waals surface area contributed by atoms with Gasteiger partial charge in [-0.2, -0.15) is 0 Å². The summed E-state index contributed by atoms with van der Waals surface area (Å²) in [5, 5.41) is 3.71. The van der Waals surface area contributed by atoms with E-state index in [2.05, 4.69) is 15.0 Å². The summed E-state index contributed by atoms with van der Waals surface area (Å²) in [7, 11) is -1.75. The van der Waals surface area contributed by atoms with Crippen molar-refractivity contribution in [3.05, 3.63) is 10.6 Å². The van der Waals surface area contributed by atoms with Gasteiger partial charge >= 0.3 is 0 Å². The lowest BCUT2D eigenvalue weighted by atomic mass is 10.2. The predicted molar refractivity (Wildman–Crippen MR) is 71.4 cm³/mol. The van der Waals surface area contributed by atoms with E-state index in [0.717, 1.165) is 30.1 Å². The van der Waals surface area contributed by atoms with E-state index in [4.69, 9.17) is 4.74 Å². The highest BCUT2D eigenvalue weighted by molar-refractivity contribution is 7.92. The molecule has 6 nitrogen and oxygen atoms in total. The number of methoxy groups -OCH3 is 1. The zero-order chi connectivity index (χ0) is 13.0. The van der Waals surface area contributed by atoms with Crippen molar-refractivity contribution >= 4 is 26.5 Å². The average molecular weight is 291 g/mol. The molecule has 0 spiro atoms. The molecule has 0 saturated heterocycles. The molecule has 0 aliphatic carbocycles. The van der Waals surface area contributed by atoms with Gasteiger partial charge in [0, 0.05) is 38.1 Å². The molecule has 8 heteroatoms. The molecule has 18 heavy (non-hydrogen) atoms. The Morgan fingerprint density at radius 1 is 1.56 bits per heavy atom. The summed E-state index contributed by atoms with van der Waals surface area (Å²) in [5.74, 6) is 0.0589. The SMILES string of the molecule is COCCCS(=O)(=O)Nc1nc2c(s1)CNCC2. The van der Waals surface area contributed by atoms with Gasteiger partial charge in [-0.05, 0) is 6.42 Å². The minimum Gasteiger partial charge on any atom is -0.385 e. The molecule has 1 aromatic rings. The molecular formula is C10H17N3O3S2. The number of thiazole rings is 1. The maximum Gasteiger partial charge on any atom is 0.234 e. The highest BCUT2D eigenvalue weighted by Gasteiger charge is 2.18. The Morgan fingerprint density at radius 3 is 3.11 bits per heavy atom. The smallest absolute Gasteiger partial charge is 0.234 e. The van der Waals surface area contributed by atoms with Crippen molar-refractivity contribution in [2.24, 2.45) is 0 Å². The number of nitrogens with zero attached hydrogens (tertiary/aromatic N) is 1. The average Bonchev–Trinajstić information content (AvgIpc) is 2.70. The minimum absolute atomic E-state index is 0.0589. The number of hydrogen-bond donors (Lipinski definition) is 2. The van der Waals surface area contributed by atoms with Gasteiger partial charge in [-0.25, -0.2) is 13.4 Å². The zero-order valence-electron chi connectivity index (χ0n) is 10.2. The normalized spacial score (nSPS) is 15.4. The Bertz CT molecular complexity index is 475. The van der Waals surface area contributed by atoms with Crippen molar-refractivity contribution in [1.29, 1.82) is 0 Å². The maximum absolute atomic E-state index is 11.8. The largest absolute Gasteiger partial charge is 0.385 e. The Kier molecular flexibility index (Phi) is 4.55. The van der Waals surface area contributed by atoms with Gasteiger partial charge in [0.05, 0.1) is 11.4 Å². The molecule has 0 saturated carbocycles. The topological polar surface area (TPSA) is 80.3 Å². The molecule has 0 bridgehead atoms. The van der Waals surface area contributed by atoms with E-state index in [1.807, 2.05) is 0 Å². The lowest BCUT2D eigenvalue weighted by molar-refractivity contribution is 0.199. The van der Waals surface area contributed by atoms with Crippen LogP contribution < -0.4 is 10.0 Å². The van der Waals surface area contributed by atoms with Crippen molar-refractivity contribution < 1.29 is 13.2 Å². The number of fused-ring (bicyclic) bond motifs is 1. The molecule has 2 N–H and O–H groups in total. The zero-order valence-corrected chi connectivity index (χ0v) is 11.9. The molecule has 2 rings (SSSR count). The molecule has 1 aromatic heterocycles. The van der Waals surface area contributed by atoms with E-state index in [-0.39, 0.29) is 5.75 Å². The van der Waals surface area contributed by atoms with Crippen molar-refractivity contribution in [3.8, 4) is 0 Å². The standard InChI is InChI=1S/C10H17N3O3S2/c1-16-5-2-6-18(14,15)13-10-12-8-3-4-11-7-9(8)17-10/h11H,2-7H2,1H3,(H,12,13). The molecule has 2 heterocycles. The van der Waals surface area contributed by atoms with E-state index in [1.165, 1.54) is 11.3 Å². The second-order valence-electron chi connectivity index (χ2n) is 4.08. The lowest BCUT2D eigenvalue weighted by Crippen LogP contribution is -2.22. The number of rotatable bonds is 6. The molecule has 0 fully saturated rings. The van der Waals surface area contributed by atoms with Crippen LogP contribution in [0.1, 0.15) is 17.0 Å². The fourth-order valence-electron chi connectivity index (χ4n) is 1.75. The van der Waals surface area contributed by atoms with E-state index in [0.29, 0.717) is 18.2 Å². The molecule has 0 amide bonds. The monoisotopic (exact) mass is 291 g/mol. The van der Waals surface area contributed by atoms with Crippen LogP contribution in [-0.4, -0.2) is 39.4 Å². The number of anilines is 1. The van der Waals surface area contributed by atoms with Crippen molar-refractivity contribution in [2.45, 2.75) is 19.4 Å². The van der Waals surface area contributed by atoms with Crippen LogP contribution in [0.5, 0.6) is 0 Å². The van der Waals surface area contributed by atoms with Crippen LogP contribution in [0.25, 0.3) is 0 Å². The third-order valence-corrected chi connectivity index (χ3v) is 5.08. The number of nitrogens with one attached hydrogen (secondary N) is 2. The molecular weight excluding hydrogens is 274 g/mol. The molecule has 1 aliphatic rings. The quantitative estimate of drug-likeness (QED) is 0.749. The predicted octanol–water partition coefficient (Wildman–Crippen LogP) is 0.567. The molecule has 1 aliphatic heterocycles. The van der Waals surface area contributed by atoms with Crippen LogP contribution in [0, 0.1) is 0 Å². The van der Waals surface area contributed by atoms with E-state index >= 15 is 0 Å². The van der Waals surface area contributed by atoms with Crippen LogP contribution >= 0.6 is 11.3 Å². The first kappa shape index (κ1) is 13.7. The molecule has 0 unspecified atom stereocenters. The highest BCUT2D eigenvalue weighted by atomic mass is 32.2. The number of sulfonamides is 1. The second-order valence-corrected chi connectivity index (χ2v) is 7.01. The summed E-state index contributed by atoms with van der Waals surface area (Å²) < 4.78 is 30.9. The van der Waals surface area contributed by atoms with Crippen LogP contribution in [-0.2, 0) is 27.7 Å². The number of hydrogen-bond acceptors (Lipinski definition) is 6. The highest BCUT2D eigenvalue weighted by Crippen LogP contribution is 2.26. The number of aromatic nitrogens is 1. The maximum atomic E-state index is 11.8. The molecule has 0 aromatic carbocycles. The Labute approximate surface area is 111 Å². The van der Waals surface area contributed by atoms with E-state index in [1.54, 1.807) is 7.11 Å². The van der Waals surface area contributed by atoms with Gasteiger partial charge in [-0.3, -0.25) is 4.72 Å². The molecule has 102 valence electrons. The van der Waals surface area contributed by atoms with Crippen molar-refractivity contribution in [3.63, 3.8) is 0 Å². The van der Waals surface area contributed by atoms with Gasteiger partial charge in [-0.1, -0.05) is 11.3 Å². The van der Waals surface area contributed by atoms with Crippen molar-refractivity contribution in [2.75, 3.05) is 30.7 Å². The van der Waals surface area contributed by atoms with Gasteiger partial charge in [-0.15, -0.1) is 0 Å². The number of ether oxygens (including phenoxy) is 1. The van der Waals surface area contributed by atoms with Gasteiger partial charge in [0.2, 0.25) is 10.0 Å². The van der Waals surface area contributed by atoms with Gasteiger partial charge in [0.1, 0.15) is 0 Å². The summed E-state index contributed by atoms with van der Waals surface area (Å²) in [6.07, 6.45) is 1.34. The van der Waals surface area contributed by atoms with E-state index in [9.17, 15) is 8.42 Å². The first-order valence-electron chi connectivity index (χ1n) is 5.79. The summed E-state index contributed by atoms with van der Waals surface area (Å²) in [6.45, 7) is 2.12. The van der Waals surface area contributed by atoms with Crippen LogP contribution in [0.15, 0.2) is 0 Å². The van der Waals surface area contributed by atoms with Gasteiger partial charge in [0.15, 0.2) is 5.13 Å². The first-order chi connectivity index (χ1) is 8.61. The van der Waals surface area contributed by atoms with E-state index < -0.39 is 10.0 Å².